The predicted octanol–water partition coefficient (Wildman–Crippen LogP) is 1.36. The Balaban J connectivity index is 2.47. The van der Waals surface area contributed by atoms with Gasteiger partial charge in [-0.15, -0.1) is 0 Å². The van der Waals surface area contributed by atoms with Crippen molar-refractivity contribution in [1.29, 1.82) is 0 Å². The Labute approximate surface area is 106 Å². The summed E-state index contributed by atoms with van der Waals surface area (Å²) in [5.74, 6) is 0.694. The van der Waals surface area contributed by atoms with Crippen LogP contribution in [0.5, 0.6) is 0 Å². The molecule has 2 unspecified atom stereocenters. The molecule has 7 heteroatoms. The van der Waals surface area contributed by atoms with Crippen molar-refractivity contribution in [2.45, 2.75) is 31.2 Å². The summed E-state index contributed by atoms with van der Waals surface area (Å²) in [6.45, 7) is 5.14. The molecule has 0 bridgehead atoms. The lowest BCUT2D eigenvalue weighted by atomic mass is 10.1. The molecule has 1 aromatic heterocycles. The molecule has 1 aliphatic rings. The smallest absolute Gasteiger partial charge is 0.182 e. The van der Waals surface area contributed by atoms with E-state index in [1.54, 1.807) is 0 Å². The van der Waals surface area contributed by atoms with Gasteiger partial charge in [-0.1, -0.05) is 6.92 Å². The third-order valence-electron chi connectivity index (χ3n) is 3.07. The summed E-state index contributed by atoms with van der Waals surface area (Å²) in [4.78, 5) is 2.30. The van der Waals surface area contributed by atoms with E-state index in [9.17, 15) is 8.42 Å². The fourth-order valence-electron chi connectivity index (χ4n) is 2.40. The topological polar surface area (TPSA) is 76.3 Å². The van der Waals surface area contributed by atoms with Crippen molar-refractivity contribution in [3.63, 3.8) is 0 Å². The number of hydrogen-bond donors (Lipinski definition) is 1. The first-order valence-corrected chi connectivity index (χ1v) is 8.19. The monoisotopic (exact) mass is 275 g/mol. The van der Waals surface area contributed by atoms with E-state index in [-0.39, 0.29) is 10.7 Å². The molecule has 2 rings (SSSR count). The normalized spacial score (nSPS) is 25.5. The van der Waals surface area contributed by atoms with Crippen molar-refractivity contribution in [1.82, 2.24) is 4.37 Å². The van der Waals surface area contributed by atoms with Crippen LogP contribution < -0.4 is 10.6 Å². The molecule has 0 saturated carbocycles. The highest BCUT2D eigenvalue weighted by Crippen LogP contribution is 2.39. The Bertz CT molecular complexity index is 524. The van der Waals surface area contributed by atoms with Gasteiger partial charge >= 0.3 is 0 Å². The van der Waals surface area contributed by atoms with Crippen LogP contribution in [0.4, 0.5) is 10.8 Å². The fourth-order valence-corrected chi connectivity index (χ4v) is 4.71. The molecular formula is C10H17N3O2S2. The van der Waals surface area contributed by atoms with E-state index in [0.717, 1.165) is 13.0 Å². The van der Waals surface area contributed by atoms with E-state index in [4.69, 9.17) is 5.73 Å². The van der Waals surface area contributed by atoms with Gasteiger partial charge < -0.3 is 10.6 Å². The average Bonchev–Trinajstić information content (AvgIpc) is 2.68. The number of rotatable bonds is 2. The second-order valence-electron chi connectivity index (χ2n) is 4.82. The zero-order valence-electron chi connectivity index (χ0n) is 10.2. The van der Waals surface area contributed by atoms with Gasteiger partial charge in [0.2, 0.25) is 0 Å². The molecule has 0 aliphatic carbocycles. The van der Waals surface area contributed by atoms with Gasteiger partial charge in [-0.3, -0.25) is 0 Å². The minimum atomic E-state index is -3.32. The Kier molecular flexibility index (Phi) is 3.07. The highest BCUT2D eigenvalue weighted by Gasteiger charge is 2.32. The number of aromatic nitrogens is 1. The van der Waals surface area contributed by atoms with Gasteiger partial charge in [0.25, 0.3) is 0 Å². The SMILES string of the molecule is CC1CC(C)N(c2snc(N)c2S(C)(=O)=O)C1. The zero-order valence-corrected chi connectivity index (χ0v) is 11.8. The molecule has 96 valence electrons. The molecular weight excluding hydrogens is 258 g/mol. The Morgan fingerprint density at radius 2 is 2.12 bits per heavy atom. The number of nitrogens with two attached hydrogens (primary N) is 1. The van der Waals surface area contributed by atoms with E-state index in [0.29, 0.717) is 17.0 Å². The minimum absolute atomic E-state index is 0.124. The van der Waals surface area contributed by atoms with Crippen LogP contribution >= 0.6 is 11.5 Å². The maximum Gasteiger partial charge on any atom is 0.182 e. The first-order chi connectivity index (χ1) is 7.80. The number of anilines is 2. The van der Waals surface area contributed by atoms with E-state index in [1.807, 2.05) is 0 Å². The van der Waals surface area contributed by atoms with Crippen molar-refractivity contribution in [2.75, 3.05) is 23.4 Å². The highest BCUT2D eigenvalue weighted by molar-refractivity contribution is 7.91. The molecule has 2 heterocycles. The van der Waals surface area contributed by atoms with Gasteiger partial charge in [-0.25, -0.2) is 8.42 Å². The lowest BCUT2D eigenvalue weighted by Crippen LogP contribution is -2.27. The second-order valence-corrected chi connectivity index (χ2v) is 7.52. The van der Waals surface area contributed by atoms with Gasteiger partial charge in [0.15, 0.2) is 15.7 Å². The first-order valence-electron chi connectivity index (χ1n) is 5.52. The summed E-state index contributed by atoms with van der Waals surface area (Å²) in [6.07, 6.45) is 2.25. The second kappa shape index (κ2) is 4.13. The third kappa shape index (κ3) is 2.26. The van der Waals surface area contributed by atoms with Gasteiger partial charge in [0.05, 0.1) is 0 Å². The molecule has 1 aromatic rings. The Morgan fingerprint density at radius 1 is 1.47 bits per heavy atom. The van der Waals surface area contributed by atoms with Gasteiger partial charge in [0.1, 0.15) is 9.90 Å². The van der Waals surface area contributed by atoms with E-state index < -0.39 is 9.84 Å². The van der Waals surface area contributed by atoms with Crippen LogP contribution in [-0.2, 0) is 9.84 Å². The van der Waals surface area contributed by atoms with Crippen molar-refractivity contribution < 1.29 is 8.42 Å². The number of nitrogens with zero attached hydrogens (tertiary/aromatic N) is 2. The quantitative estimate of drug-likeness (QED) is 0.882. The summed E-state index contributed by atoms with van der Waals surface area (Å²) in [5, 5.41) is 0.696. The number of hydrogen-bond acceptors (Lipinski definition) is 6. The van der Waals surface area contributed by atoms with Crippen molar-refractivity contribution in [3.8, 4) is 0 Å². The first kappa shape index (κ1) is 12.6. The van der Waals surface area contributed by atoms with Crippen LogP contribution in [0, 0.1) is 5.92 Å². The number of sulfone groups is 1. The Morgan fingerprint density at radius 3 is 2.59 bits per heavy atom. The molecule has 1 saturated heterocycles. The van der Waals surface area contributed by atoms with Crippen molar-refractivity contribution in [3.05, 3.63) is 0 Å². The van der Waals surface area contributed by atoms with Crippen LogP contribution in [0.15, 0.2) is 4.90 Å². The zero-order chi connectivity index (χ0) is 12.8. The molecule has 1 fully saturated rings. The van der Waals surface area contributed by atoms with Crippen LogP contribution in [0.2, 0.25) is 0 Å². The molecule has 2 N–H and O–H groups in total. The van der Waals surface area contributed by atoms with Crippen LogP contribution in [-0.4, -0.2) is 31.6 Å². The van der Waals surface area contributed by atoms with E-state index in [1.165, 1.54) is 17.8 Å². The Hall–Kier alpha value is -0.820. The van der Waals surface area contributed by atoms with Gasteiger partial charge in [0, 0.05) is 18.8 Å². The van der Waals surface area contributed by atoms with Gasteiger partial charge in [-0.05, 0) is 30.8 Å². The number of nitrogen functional groups attached to an aromatic ring is 1. The molecule has 2 atom stereocenters. The minimum Gasteiger partial charge on any atom is -0.382 e. The van der Waals surface area contributed by atoms with Crippen molar-refractivity contribution in [2.24, 2.45) is 5.92 Å². The van der Waals surface area contributed by atoms with Gasteiger partial charge in [-0.2, -0.15) is 4.37 Å². The summed E-state index contributed by atoms with van der Waals surface area (Å²) >= 11 is 1.18. The maximum atomic E-state index is 11.7. The lowest BCUT2D eigenvalue weighted by molar-refractivity contribution is 0.602. The molecule has 0 amide bonds. The fraction of sp³-hybridized carbons (Fsp3) is 0.700. The predicted molar refractivity (Wildman–Crippen MR) is 70.2 cm³/mol. The molecule has 0 aromatic carbocycles. The summed E-state index contributed by atoms with van der Waals surface area (Å²) in [7, 11) is -3.32. The molecule has 0 spiro atoms. The van der Waals surface area contributed by atoms with E-state index in [2.05, 4.69) is 23.1 Å². The van der Waals surface area contributed by atoms with Crippen LogP contribution in [0.1, 0.15) is 20.3 Å². The summed E-state index contributed by atoms with van der Waals surface area (Å²) < 4.78 is 27.5. The molecule has 17 heavy (non-hydrogen) atoms. The summed E-state index contributed by atoms with van der Waals surface area (Å²) in [5.41, 5.74) is 5.67. The summed E-state index contributed by atoms with van der Waals surface area (Å²) in [6, 6.07) is 0.338. The van der Waals surface area contributed by atoms with Crippen molar-refractivity contribution >= 4 is 32.2 Å². The molecule has 1 aliphatic heterocycles. The maximum absolute atomic E-state index is 11.7. The molecule has 5 nitrogen and oxygen atoms in total. The standard InChI is InChI=1S/C10H17N3O2S2/c1-6-4-7(2)13(5-6)10-8(17(3,14)15)9(11)12-16-10/h6-7H,4-5H2,1-3H3,(H2,11,12). The molecule has 0 radical (unpaired) electrons. The van der Waals surface area contributed by atoms with Crippen LogP contribution in [0.3, 0.4) is 0 Å². The third-order valence-corrected chi connectivity index (χ3v) is 5.25. The van der Waals surface area contributed by atoms with Crippen LogP contribution in [0.25, 0.3) is 0 Å². The van der Waals surface area contributed by atoms with E-state index >= 15 is 0 Å². The highest BCUT2D eigenvalue weighted by atomic mass is 32.2. The largest absolute Gasteiger partial charge is 0.382 e. The average molecular weight is 275 g/mol. The lowest BCUT2D eigenvalue weighted by Gasteiger charge is -2.22.